The molecule has 1 fully saturated rings. The van der Waals surface area contributed by atoms with Gasteiger partial charge in [0.05, 0.1) is 5.75 Å². The van der Waals surface area contributed by atoms with E-state index in [-0.39, 0.29) is 6.61 Å². The van der Waals surface area contributed by atoms with Gasteiger partial charge in [0.15, 0.2) is 0 Å². The van der Waals surface area contributed by atoms with Crippen LogP contribution < -0.4 is 0 Å². The number of hydrogen-bond donors (Lipinski definition) is 1. The van der Waals surface area contributed by atoms with Gasteiger partial charge in [-0.15, -0.1) is 0 Å². The summed E-state index contributed by atoms with van der Waals surface area (Å²) in [4.78, 5) is 0. The molecular weight excluding hydrogens is 190 g/mol. The summed E-state index contributed by atoms with van der Waals surface area (Å²) in [6.07, 6.45) is 3.21. The molecule has 0 aromatic carbocycles. The molecule has 5 heteroatoms. The van der Waals surface area contributed by atoms with Gasteiger partial charge in [-0.25, -0.2) is 12.7 Å². The smallest absolute Gasteiger partial charge is 0.214 e. The topological polar surface area (TPSA) is 57.6 Å². The monoisotopic (exact) mass is 207 g/mol. The zero-order valence-electron chi connectivity index (χ0n) is 7.78. The lowest BCUT2D eigenvalue weighted by Gasteiger charge is -2.25. The van der Waals surface area contributed by atoms with Gasteiger partial charge in [0.25, 0.3) is 0 Å². The SMILES string of the molecule is O=S1(=O)CCCCN1CCCCO. The Labute approximate surface area is 79.6 Å². The number of hydrogen-bond acceptors (Lipinski definition) is 3. The molecule has 0 spiro atoms. The fourth-order valence-corrected chi connectivity index (χ4v) is 3.13. The van der Waals surface area contributed by atoms with Crippen LogP contribution in [0.15, 0.2) is 0 Å². The highest BCUT2D eigenvalue weighted by molar-refractivity contribution is 7.89. The summed E-state index contributed by atoms with van der Waals surface area (Å²) in [5.74, 6) is 0.298. The van der Waals surface area contributed by atoms with Crippen LogP contribution in [0.1, 0.15) is 25.7 Å². The molecule has 1 aliphatic heterocycles. The first kappa shape index (κ1) is 10.9. The molecule has 1 saturated heterocycles. The van der Waals surface area contributed by atoms with Gasteiger partial charge in [0.2, 0.25) is 10.0 Å². The van der Waals surface area contributed by atoms with E-state index in [0.717, 1.165) is 19.3 Å². The van der Waals surface area contributed by atoms with Crippen LogP contribution in [0.5, 0.6) is 0 Å². The molecule has 1 heterocycles. The summed E-state index contributed by atoms with van der Waals surface area (Å²) >= 11 is 0. The van der Waals surface area contributed by atoms with E-state index in [2.05, 4.69) is 0 Å². The Morgan fingerprint density at radius 3 is 2.62 bits per heavy atom. The summed E-state index contributed by atoms with van der Waals surface area (Å²) in [7, 11) is -2.95. The summed E-state index contributed by atoms with van der Waals surface area (Å²) < 4.78 is 24.4. The van der Waals surface area contributed by atoms with Crippen molar-refractivity contribution in [1.82, 2.24) is 4.31 Å². The second kappa shape index (κ2) is 4.93. The molecule has 0 aromatic rings. The Hall–Kier alpha value is -0.130. The molecule has 0 radical (unpaired) electrons. The van der Waals surface area contributed by atoms with Crippen LogP contribution in [0, 0.1) is 0 Å². The van der Waals surface area contributed by atoms with Crippen molar-refractivity contribution in [3.05, 3.63) is 0 Å². The van der Waals surface area contributed by atoms with E-state index in [1.165, 1.54) is 0 Å². The van der Waals surface area contributed by atoms with Gasteiger partial charge in [-0.2, -0.15) is 0 Å². The van der Waals surface area contributed by atoms with Gasteiger partial charge in [0, 0.05) is 19.7 Å². The van der Waals surface area contributed by atoms with E-state index in [4.69, 9.17) is 5.11 Å². The quantitative estimate of drug-likeness (QED) is 0.669. The van der Waals surface area contributed by atoms with Crippen molar-refractivity contribution in [1.29, 1.82) is 0 Å². The van der Waals surface area contributed by atoms with Crippen LogP contribution in [-0.2, 0) is 10.0 Å². The minimum absolute atomic E-state index is 0.147. The molecule has 1 N–H and O–H groups in total. The molecule has 0 atom stereocenters. The highest BCUT2D eigenvalue weighted by atomic mass is 32.2. The van der Waals surface area contributed by atoms with E-state index in [9.17, 15) is 8.42 Å². The molecule has 1 rings (SSSR count). The average molecular weight is 207 g/mol. The van der Waals surface area contributed by atoms with Crippen LogP contribution in [0.3, 0.4) is 0 Å². The van der Waals surface area contributed by atoms with E-state index in [1.54, 1.807) is 4.31 Å². The Morgan fingerprint density at radius 1 is 1.23 bits per heavy atom. The molecule has 1 aliphatic rings. The average Bonchev–Trinajstić information content (AvgIpc) is 2.08. The third kappa shape index (κ3) is 3.25. The van der Waals surface area contributed by atoms with Crippen LogP contribution in [0.2, 0.25) is 0 Å². The van der Waals surface area contributed by atoms with Gasteiger partial charge < -0.3 is 5.11 Å². The lowest BCUT2D eigenvalue weighted by Crippen LogP contribution is -2.38. The number of sulfonamides is 1. The van der Waals surface area contributed by atoms with Crippen molar-refractivity contribution in [3.8, 4) is 0 Å². The lowest BCUT2D eigenvalue weighted by molar-refractivity contribution is 0.274. The molecule has 0 bridgehead atoms. The van der Waals surface area contributed by atoms with Gasteiger partial charge in [-0.05, 0) is 25.7 Å². The van der Waals surface area contributed by atoms with Crippen molar-refractivity contribution < 1.29 is 13.5 Å². The third-order valence-electron chi connectivity index (χ3n) is 2.27. The van der Waals surface area contributed by atoms with Crippen LogP contribution in [-0.4, -0.2) is 43.3 Å². The second-order valence-corrected chi connectivity index (χ2v) is 5.44. The highest BCUT2D eigenvalue weighted by Gasteiger charge is 2.24. The minimum atomic E-state index is -2.95. The van der Waals surface area contributed by atoms with E-state index >= 15 is 0 Å². The summed E-state index contributed by atoms with van der Waals surface area (Å²) in [6, 6.07) is 0. The maximum atomic E-state index is 11.4. The van der Waals surface area contributed by atoms with Crippen LogP contribution in [0.4, 0.5) is 0 Å². The highest BCUT2D eigenvalue weighted by Crippen LogP contribution is 2.13. The normalized spacial score (nSPS) is 23.2. The maximum absolute atomic E-state index is 11.4. The molecule has 0 saturated carbocycles. The number of aliphatic hydroxyl groups is 1. The van der Waals surface area contributed by atoms with Gasteiger partial charge in [0.1, 0.15) is 0 Å². The molecule has 0 unspecified atom stereocenters. The van der Waals surface area contributed by atoms with Crippen molar-refractivity contribution in [2.45, 2.75) is 25.7 Å². The van der Waals surface area contributed by atoms with E-state index in [0.29, 0.717) is 25.3 Å². The first-order valence-electron chi connectivity index (χ1n) is 4.75. The Morgan fingerprint density at radius 2 is 2.00 bits per heavy atom. The first-order chi connectivity index (χ1) is 6.17. The fourth-order valence-electron chi connectivity index (χ4n) is 1.49. The zero-order chi connectivity index (χ0) is 9.73. The molecule has 0 aromatic heterocycles. The Balaban J connectivity index is 2.38. The van der Waals surface area contributed by atoms with E-state index in [1.807, 2.05) is 0 Å². The predicted octanol–water partition coefficient (Wildman–Crippen LogP) is 0.184. The minimum Gasteiger partial charge on any atom is -0.396 e. The summed E-state index contributed by atoms with van der Waals surface area (Å²) in [5.41, 5.74) is 0. The Bertz CT molecular complexity index is 238. The van der Waals surface area contributed by atoms with Crippen molar-refractivity contribution in [2.75, 3.05) is 25.4 Å². The molecular formula is C8H17NO3S. The summed E-state index contributed by atoms with van der Waals surface area (Å²) in [6.45, 7) is 1.38. The van der Waals surface area contributed by atoms with Crippen molar-refractivity contribution >= 4 is 10.0 Å². The second-order valence-electron chi connectivity index (χ2n) is 3.35. The predicted molar refractivity (Wildman–Crippen MR) is 50.9 cm³/mol. The molecule has 0 amide bonds. The van der Waals surface area contributed by atoms with Gasteiger partial charge in [-0.1, -0.05) is 0 Å². The first-order valence-corrected chi connectivity index (χ1v) is 6.36. The number of nitrogens with zero attached hydrogens (tertiary/aromatic N) is 1. The largest absolute Gasteiger partial charge is 0.396 e. The lowest BCUT2D eigenvalue weighted by atomic mass is 10.3. The van der Waals surface area contributed by atoms with Crippen molar-refractivity contribution in [2.24, 2.45) is 0 Å². The fraction of sp³-hybridized carbons (Fsp3) is 1.00. The Kier molecular flexibility index (Phi) is 4.15. The number of unbranched alkanes of at least 4 members (excludes halogenated alkanes) is 1. The number of rotatable bonds is 4. The van der Waals surface area contributed by atoms with Crippen molar-refractivity contribution in [3.63, 3.8) is 0 Å². The van der Waals surface area contributed by atoms with Crippen LogP contribution >= 0.6 is 0 Å². The molecule has 13 heavy (non-hydrogen) atoms. The molecule has 78 valence electrons. The summed E-state index contributed by atoms with van der Waals surface area (Å²) in [5, 5.41) is 8.56. The molecule has 0 aliphatic carbocycles. The van der Waals surface area contributed by atoms with Gasteiger partial charge in [-0.3, -0.25) is 0 Å². The standard InChI is InChI=1S/C8H17NO3S/c10-7-3-1-5-9-6-2-4-8-13(9,11)12/h10H,1-8H2. The molecule has 4 nitrogen and oxygen atoms in total. The van der Waals surface area contributed by atoms with Gasteiger partial charge >= 0.3 is 0 Å². The third-order valence-corrected chi connectivity index (χ3v) is 4.23. The van der Waals surface area contributed by atoms with Crippen LogP contribution in [0.25, 0.3) is 0 Å². The maximum Gasteiger partial charge on any atom is 0.214 e. The zero-order valence-corrected chi connectivity index (χ0v) is 8.59. The van der Waals surface area contributed by atoms with E-state index < -0.39 is 10.0 Å². The number of aliphatic hydroxyl groups excluding tert-OH is 1.